The average Bonchev–Trinajstić information content (AvgIpc) is 3.12. The maximum atomic E-state index is 11.9. The van der Waals surface area contributed by atoms with Crippen LogP contribution in [0.5, 0.6) is 11.5 Å². The second kappa shape index (κ2) is 8.89. The molecule has 1 aliphatic rings. The number of carbonyl (C=O) groups excluding carboxylic acids is 1. The Hall–Kier alpha value is -3.02. The predicted octanol–water partition coefficient (Wildman–Crippen LogP) is 2.90. The summed E-state index contributed by atoms with van der Waals surface area (Å²) in [4.78, 5) is 17.0. The maximum absolute atomic E-state index is 11.9. The zero-order valence-corrected chi connectivity index (χ0v) is 14.7. The number of hydrogen-bond donors (Lipinski definition) is 1. The first-order valence-electron chi connectivity index (χ1n) is 8.59. The van der Waals surface area contributed by atoms with Gasteiger partial charge in [-0.15, -0.1) is 0 Å². The van der Waals surface area contributed by atoms with Crippen molar-refractivity contribution in [2.75, 3.05) is 13.4 Å². The van der Waals surface area contributed by atoms with E-state index in [0.717, 1.165) is 18.4 Å². The third-order valence-electron chi connectivity index (χ3n) is 3.98. The molecule has 1 heterocycles. The predicted molar refractivity (Wildman–Crippen MR) is 98.5 cm³/mol. The molecule has 0 aliphatic carbocycles. The van der Waals surface area contributed by atoms with Crippen LogP contribution < -0.4 is 14.8 Å². The molecular weight excluding hydrogens is 332 g/mol. The Morgan fingerprint density at radius 2 is 2.04 bits per heavy atom. The van der Waals surface area contributed by atoms with Crippen molar-refractivity contribution in [1.29, 1.82) is 0 Å². The minimum absolute atomic E-state index is 0.0733. The third kappa shape index (κ3) is 5.24. The molecule has 0 radical (unpaired) electrons. The topological polar surface area (TPSA) is 69.2 Å². The van der Waals surface area contributed by atoms with E-state index in [2.05, 4.69) is 22.6 Å². The summed E-state index contributed by atoms with van der Waals surface area (Å²) in [6.07, 6.45) is 3.33. The number of nitrogens with one attached hydrogen (secondary N) is 1. The molecule has 0 saturated carbocycles. The minimum Gasteiger partial charge on any atom is -0.454 e. The van der Waals surface area contributed by atoms with Crippen molar-refractivity contribution in [2.24, 2.45) is 5.16 Å². The zero-order chi connectivity index (χ0) is 18.2. The summed E-state index contributed by atoms with van der Waals surface area (Å²) in [6.45, 7) is 2.10. The lowest BCUT2D eigenvalue weighted by molar-refractivity contribution is -0.126. The fourth-order valence-electron chi connectivity index (χ4n) is 2.60. The molecule has 1 unspecified atom stereocenters. The van der Waals surface area contributed by atoms with Crippen LogP contribution in [0.25, 0.3) is 0 Å². The Morgan fingerprint density at radius 3 is 2.88 bits per heavy atom. The molecule has 1 aliphatic heterocycles. The lowest BCUT2D eigenvalue weighted by Crippen LogP contribution is -2.35. The molecule has 26 heavy (non-hydrogen) atoms. The van der Waals surface area contributed by atoms with E-state index in [1.807, 2.05) is 37.3 Å². The van der Waals surface area contributed by atoms with Gasteiger partial charge in [-0.2, -0.15) is 0 Å². The van der Waals surface area contributed by atoms with Gasteiger partial charge in [0.15, 0.2) is 18.1 Å². The van der Waals surface area contributed by atoms with E-state index < -0.39 is 0 Å². The van der Waals surface area contributed by atoms with Gasteiger partial charge in [0.25, 0.3) is 5.91 Å². The standard InChI is InChI=1S/C20H22N2O4/c1-15(7-8-16-5-3-2-4-6-16)22-20(23)13-26-21-12-17-9-10-18-19(11-17)25-14-24-18/h2-6,9-12,15H,7-8,13-14H2,1H3,(H,22,23). The molecule has 0 saturated heterocycles. The van der Waals surface area contributed by atoms with Crippen molar-refractivity contribution < 1.29 is 19.1 Å². The van der Waals surface area contributed by atoms with E-state index in [4.69, 9.17) is 14.3 Å². The van der Waals surface area contributed by atoms with Crippen molar-refractivity contribution in [2.45, 2.75) is 25.8 Å². The highest BCUT2D eigenvalue weighted by Gasteiger charge is 2.12. The SMILES string of the molecule is CC(CCc1ccccc1)NC(=O)CON=Cc1ccc2c(c1)OCO2. The number of fused-ring (bicyclic) bond motifs is 1. The van der Waals surface area contributed by atoms with Gasteiger partial charge in [0.2, 0.25) is 6.79 Å². The Kier molecular flexibility index (Phi) is 6.09. The Balaban J connectivity index is 1.36. The first kappa shape index (κ1) is 17.8. The van der Waals surface area contributed by atoms with Crippen LogP contribution in [0.4, 0.5) is 0 Å². The van der Waals surface area contributed by atoms with E-state index in [0.29, 0.717) is 11.5 Å². The number of hydrogen-bond acceptors (Lipinski definition) is 5. The molecule has 0 spiro atoms. The molecule has 136 valence electrons. The maximum Gasteiger partial charge on any atom is 0.260 e. The number of oxime groups is 1. The second-order valence-corrected chi connectivity index (χ2v) is 6.11. The number of aryl methyl sites for hydroxylation is 1. The van der Waals surface area contributed by atoms with Gasteiger partial charge in [0.05, 0.1) is 6.21 Å². The highest BCUT2D eigenvalue weighted by atomic mass is 16.7. The van der Waals surface area contributed by atoms with Crippen LogP contribution in [-0.4, -0.2) is 31.6 Å². The molecule has 0 fully saturated rings. The van der Waals surface area contributed by atoms with Gasteiger partial charge in [-0.3, -0.25) is 4.79 Å². The Morgan fingerprint density at radius 1 is 1.23 bits per heavy atom. The molecule has 6 nitrogen and oxygen atoms in total. The van der Waals surface area contributed by atoms with Crippen molar-refractivity contribution in [1.82, 2.24) is 5.32 Å². The largest absolute Gasteiger partial charge is 0.454 e. The van der Waals surface area contributed by atoms with E-state index in [9.17, 15) is 4.79 Å². The highest BCUT2D eigenvalue weighted by Crippen LogP contribution is 2.31. The molecule has 6 heteroatoms. The van der Waals surface area contributed by atoms with Crippen LogP contribution in [0.1, 0.15) is 24.5 Å². The molecule has 1 N–H and O–H groups in total. The van der Waals surface area contributed by atoms with Crippen LogP contribution in [0, 0.1) is 0 Å². The fourth-order valence-corrected chi connectivity index (χ4v) is 2.60. The van der Waals surface area contributed by atoms with Gasteiger partial charge in [-0.05, 0) is 43.5 Å². The van der Waals surface area contributed by atoms with E-state index in [-0.39, 0.29) is 25.3 Å². The summed E-state index contributed by atoms with van der Waals surface area (Å²) in [6, 6.07) is 15.7. The van der Waals surface area contributed by atoms with Crippen molar-refractivity contribution >= 4 is 12.1 Å². The van der Waals surface area contributed by atoms with Crippen molar-refractivity contribution in [3.8, 4) is 11.5 Å². The van der Waals surface area contributed by atoms with Crippen molar-refractivity contribution in [3.63, 3.8) is 0 Å². The third-order valence-corrected chi connectivity index (χ3v) is 3.98. The van der Waals surface area contributed by atoms with Crippen LogP contribution in [0.3, 0.4) is 0 Å². The normalized spacial score (nSPS) is 13.6. The number of nitrogens with zero attached hydrogens (tertiary/aromatic N) is 1. The highest BCUT2D eigenvalue weighted by molar-refractivity contribution is 5.81. The monoisotopic (exact) mass is 354 g/mol. The molecule has 3 rings (SSSR count). The zero-order valence-electron chi connectivity index (χ0n) is 14.7. The Bertz CT molecular complexity index is 762. The van der Waals surface area contributed by atoms with Gasteiger partial charge >= 0.3 is 0 Å². The fraction of sp³-hybridized carbons (Fsp3) is 0.300. The minimum atomic E-state index is -0.187. The van der Waals surface area contributed by atoms with Gasteiger partial charge in [0.1, 0.15) is 0 Å². The van der Waals surface area contributed by atoms with Crippen LogP contribution in [0.15, 0.2) is 53.7 Å². The molecule has 1 atom stereocenters. The summed E-state index contributed by atoms with van der Waals surface area (Å²) >= 11 is 0. The molecular formula is C20H22N2O4. The summed E-state index contributed by atoms with van der Waals surface area (Å²) in [5.41, 5.74) is 2.07. The number of benzene rings is 2. The van der Waals surface area contributed by atoms with Gasteiger partial charge in [-0.25, -0.2) is 0 Å². The lowest BCUT2D eigenvalue weighted by atomic mass is 10.1. The first-order valence-corrected chi connectivity index (χ1v) is 8.59. The van der Waals surface area contributed by atoms with E-state index in [1.165, 1.54) is 11.8 Å². The van der Waals surface area contributed by atoms with Crippen LogP contribution >= 0.6 is 0 Å². The number of ether oxygens (including phenoxy) is 2. The molecule has 2 aromatic carbocycles. The summed E-state index contributed by atoms with van der Waals surface area (Å²) in [7, 11) is 0. The van der Waals surface area contributed by atoms with Crippen LogP contribution in [-0.2, 0) is 16.1 Å². The second-order valence-electron chi connectivity index (χ2n) is 6.11. The Labute approximate surface area is 152 Å². The van der Waals surface area contributed by atoms with Gasteiger partial charge < -0.3 is 19.6 Å². The van der Waals surface area contributed by atoms with E-state index in [1.54, 1.807) is 6.07 Å². The van der Waals surface area contributed by atoms with Crippen LogP contribution in [0.2, 0.25) is 0 Å². The van der Waals surface area contributed by atoms with E-state index >= 15 is 0 Å². The number of rotatable bonds is 8. The molecule has 0 bridgehead atoms. The average molecular weight is 354 g/mol. The van der Waals surface area contributed by atoms with Crippen molar-refractivity contribution in [3.05, 3.63) is 59.7 Å². The molecule has 1 amide bonds. The number of carbonyl (C=O) groups is 1. The lowest BCUT2D eigenvalue weighted by Gasteiger charge is -2.13. The van der Waals surface area contributed by atoms with Gasteiger partial charge in [-0.1, -0.05) is 35.5 Å². The molecule has 0 aromatic heterocycles. The summed E-state index contributed by atoms with van der Waals surface area (Å²) in [5.74, 6) is 1.21. The van der Waals surface area contributed by atoms with Gasteiger partial charge in [0, 0.05) is 11.6 Å². The quantitative estimate of drug-likeness (QED) is 0.585. The summed E-state index contributed by atoms with van der Waals surface area (Å²) in [5, 5.41) is 6.73. The smallest absolute Gasteiger partial charge is 0.260 e. The first-order chi connectivity index (χ1) is 12.7. The number of amides is 1. The molecule has 2 aromatic rings. The summed E-state index contributed by atoms with van der Waals surface area (Å²) < 4.78 is 10.5.